The van der Waals surface area contributed by atoms with E-state index in [-0.39, 0.29) is 24.8 Å². The summed E-state index contributed by atoms with van der Waals surface area (Å²) in [6.45, 7) is 0. The molecular formula is C17H14Cl2HfNP. The third-order valence-electron chi connectivity index (χ3n) is 3.78. The summed E-state index contributed by atoms with van der Waals surface area (Å²) in [6, 6.07) is 11.0. The van der Waals surface area contributed by atoms with Gasteiger partial charge in [-0.15, -0.1) is 0 Å². The minimum absolute atomic E-state index is 0. The van der Waals surface area contributed by atoms with E-state index in [9.17, 15) is 0 Å². The Bertz CT molecular complexity index is 735. The molecule has 1 nitrogen and oxygen atoms in total. The van der Waals surface area contributed by atoms with Crippen molar-refractivity contribution in [3.8, 4) is 0 Å². The van der Waals surface area contributed by atoms with Crippen molar-refractivity contribution in [2.24, 2.45) is 0 Å². The molecule has 0 radical (unpaired) electrons. The summed E-state index contributed by atoms with van der Waals surface area (Å²) in [6.07, 6.45) is 12.5. The summed E-state index contributed by atoms with van der Waals surface area (Å²) in [5, 5.41) is 1.60. The van der Waals surface area contributed by atoms with Crippen molar-refractivity contribution in [3.63, 3.8) is 0 Å². The summed E-state index contributed by atoms with van der Waals surface area (Å²) >= 11 is -0.856. The van der Waals surface area contributed by atoms with Crippen LogP contribution >= 0.6 is 7.69 Å². The Hall–Kier alpha value is -0.400. The van der Waals surface area contributed by atoms with Gasteiger partial charge in [-0.25, -0.2) is 0 Å². The van der Waals surface area contributed by atoms with Crippen LogP contribution in [-0.2, 0) is 22.9 Å². The smallest absolute Gasteiger partial charge is 1.00 e. The summed E-state index contributed by atoms with van der Waals surface area (Å²) in [4.78, 5) is 0. The third-order valence-corrected chi connectivity index (χ3v) is 12.3. The fourth-order valence-corrected chi connectivity index (χ4v) is 11.5. The zero-order valence-electron chi connectivity index (χ0n) is 11.8. The molecule has 1 heterocycles. The molecule has 5 heteroatoms. The monoisotopic (exact) mass is 513 g/mol. The number of hydrogen-bond donors (Lipinski definition) is 0. The molecule has 0 fully saturated rings. The third kappa shape index (κ3) is 3.41. The minimum atomic E-state index is -0.856. The normalized spacial score (nSPS) is 18.5. The van der Waals surface area contributed by atoms with E-state index in [1.165, 1.54) is 12.0 Å². The number of aromatic nitrogens is 1. The molecular weight excluding hydrogens is 499 g/mol. The zero-order valence-corrected chi connectivity index (χ0v) is 17.8. The summed E-state index contributed by atoms with van der Waals surface area (Å²) in [7, 11) is -0.401. The van der Waals surface area contributed by atoms with Crippen molar-refractivity contribution in [2.75, 3.05) is 0 Å². The quantitative estimate of drug-likeness (QED) is 0.484. The molecule has 110 valence electrons. The molecule has 1 aromatic heterocycles. The molecule has 0 spiro atoms. The second-order valence-electron chi connectivity index (χ2n) is 5.05. The van der Waals surface area contributed by atoms with Crippen LogP contribution in [0.5, 0.6) is 0 Å². The maximum absolute atomic E-state index is 4.68. The van der Waals surface area contributed by atoms with Gasteiger partial charge in [-0.2, -0.15) is 0 Å². The van der Waals surface area contributed by atoms with Gasteiger partial charge in [0.05, 0.1) is 0 Å². The van der Waals surface area contributed by atoms with E-state index in [0.717, 1.165) is 0 Å². The Labute approximate surface area is 155 Å². The fraction of sp³-hybridized carbons (Fsp3) is 0.118. The Morgan fingerprint density at radius 2 is 2.00 bits per heavy atom. The van der Waals surface area contributed by atoms with Crippen LogP contribution in [0.3, 0.4) is 0 Å². The summed E-state index contributed by atoms with van der Waals surface area (Å²) < 4.78 is 7.13. The van der Waals surface area contributed by atoms with Crippen LogP contribution in [-0.4, -0.2) is 4.75 Å². The van der Waals surface area contributed by atoms with Crippen molar-refractivity contribution in [1.29, 1.82) is 0 Å². The van der Waals surface area contributed by atoms with E-state index in [4.69, 9.17) is 0 Å². The van der Waals surface area contributed by atoms with Crippen molar-refractivity contribution in [1.82, 2.24) is 4.75 Å². The average Bonchev–Trinajstić information content (AvgIpc) is 3.19. The van der Waals surface area contributed by atoms with Crippen molar-refractivity contribution >= 4 is 19.1 Å². The molecule has 1 aromatic carbocycles. The largest absolute Gasteiger partial charge is 1.00 e. The van der Waals surface area contributed by atoms with E-state index in [1.807, 2.05) is 6.20 Å². The van der Waals surface area contributed by atoms with Gasteiger partial charge >= 0.3 is 132 Å². The fourth-order valence-electron chi connectivity index (χ4n) is 2.82. The Morgan fingerprint density at radius 1 is 1.14 bits per heavy atom. The van der Waals surface area contributed by atoms with Gasteiger partial charge in [0.2, 0.25) is 0 Å². The van der Waals surface area contributed by atoms with Crippen LogP contribution in [0.25, 0.3) is 11.4 Å². The minimum Gasteiger partial charge on any atom is -1.00 e. The Kier molecular flexibility index (Phi) is 6.46. The molecule has 0 amide bonds. The van der Waals surface area contributed by atoms with E-state index in [0.29, 0.717) is 3.67 Å². The van der Waals surface area contributed by atoms with Gasteiger partial charge in [0, 0.05) is 0 Å². The maximum atomic E-state index is 4.68. The molecule has 0 saturated heterocycles. The number of rotatable bonds is 3. The van der Waals surface area contributed by atoms with Gasteiger partial charge < -0.3 is 24.8 Å². The number of allylic oxidation sites excluding steroid dienone is 5. The van der Waals surface area contributed by atoms with Crippen LogP contribution in [0.4, 0.5) is 0 Å². The SMILES string of the molecule is C1=CC[C]([Hf+2][CH]2C(p3cccn3)=Cc3ccccc32)=C1.[Cl-].[Cl-]. The standard InChI is InChI=1S/C12H9NP.C5H5.2ClH.Hf/c1-2-5-11-9-12(8-10(11)4-1)14-7-3-6-13-14;1-2-4-5-3-1;;;/h1-9H;1-3H,4H2;2*1H;/q;;;;+2/p-2. The molecule has 0 aliphatic heterocycles. The summed E-state index contributed by atoms with van der Waals surface area (Å²) in [5.41, 5.74) is 3.00. The van der Waals surface area contributed by atoms with Crippen LogP contribution in [0, 0.1) is 0 Å². The number of halogens is 2. The number of benzene rings is 1. The van der Waals surface area contributed by atoms with Crippen molar-refractivity contribution in [2.45, 2.75) is 10.1 Å². The average molecular weight is 513 g/mol. The molecule has 0 N–H and O–H groups in total. The molecule has 0 bridgehead atoms. The Morgan fingerprint density at radius 3 is 2.73 bits per heavy atom. The molecule has 2 aromatic rings. The van der Waals surface area contributed by atoms with Crippen LogP contribution in [0.1, 0.15) is 21.2 Å². The first kappa shape index (κ1) is 17.9. The topological polar surface area (TPSA) is 12.9 Å². The van der Waals surface area contributed by atoms with Gasteiger partial charge in [0.15, 0.2) is 0 Å². The van der Waals surface area contributed by atoms with E-state index in [2.05, 4.69) is 65.2 Å². The van der Waals surface area contributed by atoms with Gasteiger partial charge in [0.1, 0.15) is 0 Å². The molecule has 2 atom stereocenters. The summed E-state index contributed by atoms with van der Waals surface area (Å²) in [5.74, 6) is 2.30. The molecule has 2 unspecified atom stereocenters. The van der Waals surface area contributed by atoms with Crippen LogP contribution in [0.15, 0.2) is 63.9 Å². The predicted molar refractivity (Wildman–Crippen MR) is 82.1 cm³/mol. The van der Waals surface area contributed by atoms with Crippen molar-refractivity contribution < 1.29 is 47.7 Å². The van der Waals surface area contributed by atoms with Crippen molar-refractivity contribution in [3.05, 3.63) is 75.0 Å². The van der Waals surface area contributed by atoms with E-state index < -0.39 is 30.6 Å². The molecule has 2 aliphatic rings. The number of fused-ring (bicyclic) bond motifs is 1. The van der Waals surface area contributed by atoms with Gasteiger partial charge in [-0.1, -0.05) is 0 Å². The first-order valence-corrected chi connectivity index (χ1v) is 12.1. The second kappa shape index (κ2) is 7.93. The molecule has 4 rings (SSSR count). The van der Waals surface area contributed by atoms with Gasteiger partial charge in [0.25, 0.3) is 0 Å². The predicted octanol–water partition coefficient (Wildman–Crippen LogP) is -0.945. The van der Waals surface area contributed by atoms with Gasteiger partial charge in [-0.05, 0) is 0 Å². The molecule has 0 saturated carbocycles. The Balaban J connectivity index is 0.000000882. The van der Waals surface area contributed by atoms with E-state index in [1.54, 1.807) is 14.2 Å². The van der Waals surface area contributed by atoms with Crippen LogP contribution in [0.2, 0.25) is 0 Å². The first-order valence-electron chi connectivity index (χ1n) is 6.84. The molecule has 2 aliphatic carbocycles. The number of nitrogens with zero attached hydrogens (tertiary/aromatic N) is 1. The zero-order chi connectivity index (χ0) is 13.4. The van der Waals surface area contributed by atoms with Crippen LogP contribution < -0.4 is 24.8 Å². The first-order chi connectivity index (χ1) is 9.92. The maximum Gasteiger partial charge on any atom is -1.00 e. The second-order valence-corrected chi connectivity index (χ2v) is 12.2. The molecule has 22 heavy (non-hydrogen) atoms. The number of hydrogen-bond acceptors (Lipinski definition) is 1. The van der Waals surface area contributed by atoms with Gasteiger partial charge in [-0.3, -0.25) is 0 Å². The van der Waals surface area contributed by atoms with E-state index >= 15 is 0 Å².